The number of carbonyl (C=O) groups is 1. The van der Waals surface area contributed by atoms with Crippen molar-refractivity contribution in [3.63, 3.8) is 0 Å². The van der Waals surface area contributed by atoms with Crippen LogP contribution in [0.4, 0.5) is 5.82 Å². The average Bonchev–Trinajstić information content (AvgIpc) is 2.67. The van der Waals surface area contributed by atoms with Gasteiger partial charge in [-0.05, 0) is 6.07 Å². The van der Waals surface area contributed by atoms with Gasteiger partial charge in [0, 0.05) is 25.2 Å². The van der Waals surface area contributed by atoms with Gasteiger partial charge in [-0.15, -0.1) is 0 Å². The number of hydrogen-bond donors (Lipinski definition) is 1. The number of benzene rings is 1. The van der Waals surface area contributed by atoms with Crippen LogP contribution in [-0.2, 0) is 11.3 Å². The Hall–Kier alpha value is -2.67. The fourth-order valence-electron chi connectivity index (χ4n) is 2.49. The van der Waals surface area contributed by atoms with Crippen molar-refractivity contribution in [2.45, 2.75) is 6.54 Å². The molecule has 7 heteroatoms. The first-order valence-electron chi connectivity index (χ1n) is 7.83. The number of para-hydroxylation sites is 1. The van der Waals surface area contributed by atoms with E-state index >= 15 is 0 Å². The van der Waals surface area contributed by atoms with Crippen LogP contribution in [-0.4, -0.2) is 54.2 Å². The molecule has 1 amide bonds. The average molecular weight is 328 g/mol. The van der Waals surface area contributed by atoms with Crippen molar-refractivity contribution in [2.75, 3.05) is 38.7 Å². The molecule has 0 saturated carbocycles. The molecule has 7 nitrogen and oxygen atoms in total. The lowest BCUT2D eigenvalue weighted by molar-refractivity contribution is 0.0298. The molecule has 0 radical (unpaired) electrons. The number of nitrogens with one attached hydrogen (secondary N) is 1. The summed E-state index contributed by atoms with van der Waals surface area (Å²) in [6.07, 6.45) is 3.07. The van der Waals surface area contributed by atoms with Crippen LogP contribution >= 0.6 is 0 Å². The topological polar surface area (TPSA) is 76.6 Å². The molecule has 0 spiro atoms. The predicted molar refractivity (Wildman–Crippen MR) is 89.1 cm³/mol. The second kappa shape index (κ2) is 7.74. The summed E-state index contributed by atoms with van der Waals surface area (Å²) in [6, 6.07) is 7.77. The first kappa shape index (κ1) is 16.2. The monoisotopic (exact) mass is 328 g/mol. The zero-order chi connectivity index (χ0) is 16.8. The third-order valence-electron chi connectivity index (χ3n) is 3.82. The highest BCUT2D eigenvalue weighted by Gasteiger charge is 2.19. The zero-order valence-electron chi connectivity index (χ0n) is 13.6. The smallest absolute Gasteiger partial charge is 0.274 e. The Balaban J connectivity index is 1.61. The minimum atomic E-state index is -0.109. The van der Waals surface area contributed by atoms with Crippen LogP contribution in [0.2, 0.25) is 0 Å². The number of hydrogen-bond acceptors (Lipinski definition) is 6. The van der Waals surface area contributed by atoms with Gasteiger partial charge in [0.05, 0.1) is 32.7 Å². The van der Waals surface area contributed by atoms with Gasteiger partial charge >= 0.3 is 0 Å². The van der Waals surface area contributed by atoms with Gasteiger partial charge in [0.25, 0.3) is 5.91 Å². The molecular weight excluding hydrogens is 308 g/mol. The van der Waals surface area contributed by atoms with Gasteiger partial charge in [-0.25, -0.2) is 9.97 Å². The lowest BCUT2D eigenvalue weighted by Gasteiger charge is -2.26. The second-order valence-electron chi connectivity index (χ2n) is 5.36. The summed E-state index contributed by atoms with van der Waals surface area (Å²) in [5.41, 5.74) is 1.37. The van der Waals surface area contributed by atoms with Gasteiger partial charge in [0.2, 0.25) is 0 Å². The Morgan fingerprint density at radius 2 is 2.04 bits per heavy atom. The molecule has 0 aliphatic carbocycles. The third-order valence-corrected chi connectivity index (χ3v) is 3.82. The lowest BCUT2D eigenvalue weighted by Crippen LogP contribution is -2.41. The number of anilines is 1. The van der Waals surface area contributed by atoms with E-state index in [1.54, 1.807) is 18.2 Å². The molecule has 0 bridgehead atoms. The van der Waals surface area contributed by atoms with Crippen molar-refractivity contribution >= 4 is 11.7 Å². The summed E-state index contributed by atoms with van der Waals surface area (Å²) in [4.78, 5) is 22.5. The number of rotatable bonds is 5. The van der Waals surface area contributed by atoms with Crippen molar-refractivity contribution in [2.24, 2.45) is 0 Å². The molecule has 1 aromatic carbocycles. The zero-order valence-corrected chi connectivity index (χ0v) is 13.6. The number of methoxy groups -OCH3 is 1. The van der Waals surface area contributed by atoms with Gasteiger partial charge in [-0.3, -0.25) is 4.79 Å². The van der Waals surface area contributed by atoms with E-state index in [1.807, 2.05) is 24.3 Å². The van der Waals surface area contributed by atoms with Crippen LogP contribution in [0.25, 0.3) is 0 Å². The van der Waals surface area contributed by atoms with Gasteiger partial charge < -0.3 is 19.7 Å². The molecule has 1 aliphatic heterocycles. The van der Waals surface area contributed by atoms with E-state index < -0.39 is 0 Å². The Labute approximate surface area is 140 Å². The maximum absolute atomic E-state index is 12.3. The number of carbonyl (C=O) groups excluding carboxylic acids is 1. The minimum Gasteiger partial charge on any atom is -0.496 e. The van der Waals surface area contributed by atoms with Crippen molar-refractivity contribution in [3.05, 3.63) is 47.9 Å². The summed E-state index contributed by atoms with van der Waals surface area (Å²) >= 11 is 0. The van der Waals surface area contributed by atoms with Crippen molar-refractivity contribution in [1.82, 2.24) is 14.9 Å². The molecule has 1 saturated heterocycles. The van der Waals surface area contributed by atoms with Crippen LogP contribution in [0.15, 0.2) is 36.7 Å². The van der Waals surface area contributed by atoms with Crippen LogP contribution in [0, 0.1) is 0 Å². The molecule has 1 N–H and O–H groups in total. The van der Waals surface area contributed by atoms with Crippen LogP contribution in [0.3, 0.4) is 0 Å². The first-order valence-corrected chi connectivity index (χ1v) is 7.83. The number of morpholine rings is 1. The van der Waals surface area contributed by atoms with Gasteiger partial charge in [-0.1, -0.05) is 18.2 Å². The van der Waals surface area contributed by atoms with Gasteiger partial charge in [0.15, 0.2) is 0 Å². The van der Waals surface area contributed by atoms with E-state index in [9.17, 15) is 4.79 Å². The predicted octanol–water partition coefficient (Wildman–Crippen LogP) is 1.57. The van der Waals surface area contributed by atoms with E-state index in [0.29, 0.717) is 44.4 Å². The van der Waals surface area contributed by atoms with Crippen LogP contribution in [0.5, 0.6) is 5.75 Å². The summed E-state index contributed by atoms with van der Waals surface area (Å²) < 4.78 is 10.6. The molecule has 0 atom stereocenters. The van der Waals surface area contributed by atoms with Gasteiger partial charge in [-0.2, -0.15) is 0 Å². The fourth-order valence-corrected chi connectivity index (χ4v) is 2.49. The number of aromatic nitrogens is 2. The molecule has 126 valence electrons. The fraction of sp³-hybridized carbons (Fsp3) is 0.353. The summed E-state index contributed by atoms with van der Waals surface area (Å²) in [5, 5.41) is 3.18. The molecule has 2 heterocycles. The Morgan fingerprint density at radius 1 is 1.25 bits per heavy atom. The molecule has 0 unspecified atom stereocenters. The van der Waals surface area contributed by atoms with E-state index in [2.05, 4.69) is 15.3 Å². The van der Waals surface area contributed by atoms with E-state index in [1.165, 1.54) is 6.20 Å². The minimum absolute atomic E-state index is 0.109. The number of nitrogens with zero attached hydrogens (tertiary/aromatic N) is 3. The summed E-state index contributed by atoms with van der Waals surface area (Å²) in [6.45, 7) is 2.88. The highest BCUT2D eigenvalue weighted by Crippen LogP contribution is 2.18. The molecule has 1 aliphatic rings. The molecule has 1 aromatic heterocycles. The van der Waals surface area contributed by atoms with E-state index in [4.69, 9.17) is 9.47 Å². The molecule has 1 fully saturated rings. The molecule has 24 heavy (non-hydrogen) atoms. The van der Waals surface area contributed by atoms with Crippen LogP contribution < -0.4 is 10.1 Å². The third kappa shape index (κ3) is 3.80. The van der Waals surface area contributed by atoms with Crippen molar-refractivity contribution < 1.29 is 14.3 Å². The van der Waals surface area contributed by atoms with E-state index in [-0.39, 0.29) is 5.91 Å². The highest BCUT2D eigenvalue weighted by molar-refractivity contribution is 5.92. The first-order chi connectivity index (χ1) is 11.8. The maximum Gasteiger partial charge on any atom is 0.274 e. The molecular formula is C17H20N4O3. The van der Waals surface area contributed by atoms with E-state index in [0.717, 1.165) is 11.3 Å². The number of amides is 1. The standard InChI is InChI=1S/C17H20N4O3/c1-23-15-5-3-2-4-13(15)10-19-16-12-18-14(11-20-16)17(22)21-6-8-24-9-7-21/h2-5,11-12H,6-10H2,1H3,(H,19,20). The van der Waals surface area contributed by atoms with Crippen LogP contribution in [0.1, 0.15) is 16.1 Å². The summed E-state index contributed by atoms with van der Waals surface area (Å²) in [7, 11) is 1.64. The highest BCUT2D eigenvalue weighted by atomic mass is 16.5. The van der Waals surface area contributed by atoms with Crippen molar-refractivity contribution in [3.8, 4) is 5.75 Å². The Morgan fingerprint density at radius 3 is 2.75 bits per heavy atom. The maximum atomic E-state index is 12.3. The Kier molecular flexibility index (Phi) is 5.22. The molecule has 3 rings (SSSR count). The van der Waals surface area contributed by atoms with Crippen molar-refractivity contribution in [1.29, 1.82) is 0 Å². The van der Waals surface area contributed by atoms with Gasteiger partial charge in [0.1, 0.15) is 17.3 Å². The SMILES string of the molecule is COc1ccccc1CNc1cnc(C(=O)N2CCOCC2)cn1. The Bertz CT molecular complexity index is 684. The second-order valence-corrected chi connectivity index (χ2v) is 5.36. The largest absolute Gasteiger partial charge is 0.496 e. The normalized spacial score (nSPS) is 14.3. The summed E-state index contributed by atoms with van der Waals surface area (Å²) in [5.74, 6) is 1.32. The quantitative estimate of drug-likeness (QED) is 0.898. The molecule has 2 aromatic rings. The number of ether oxygens (including phenoxy) is 2. The lowest BCUT2D eigenvalue weighted by atomic mass is 10.2.